The molecule has 0 aliphatic heterocycles. The minimum atomic E-state index is -0.122. The molecule has 1 aliphatic carbocycles. The molecular formula is C53H41NO. The summed E-state index contributed by atoms with van der Waals surface area (Å²) >= 11 is 0. The topological polar surface area (TPSA) is 16.4 Å². The molecule has 55 heavy (non-hydrogen) atoms. The first-order chi connectivity index (χ1) is 27.0. The van der Waals surface area contributed by atoms with Crippen molar-refractivity contribution in [2.75, 3.05) is 4.90 Å². The van der Waals surface area contributed by atoms with E-state index in [1.165, 1.54) is 55.6 Å². The van der Waals surface area contributed by atoms with Gasteiger partial charge in [0.1, 0.15) is 11.2 Å². The van der Waals surface area contributed by atoms with Gasteiger partial charge in [-0.1, -0.05) is 153 Å². The Labute approximate surface area is 323 Å². The van der Waals surface area contributed by atoms with Crippen LogP contribution in [0.2, 0.25) is 0 Å². The molecule has 0 bridgehead atoms. The summed E-state index contributed by atoms with van der Waals surface area (Å²) in [4.78, 5) is 2.44. The summed E-state index contributed by atoms with van der Waals surface area (Å²) < 4.78 is 6.31. The molecule has 2 nitrogen and oxygen atoms in total. The molecule has 2 heteroatoms. The fourth-order valence-corrected chi connectivity index (χ4v) is 8.83. The lowest BCUT2D eigenvalue weighted by molar-refractivity contribution is 0.660. The summed E-state index contributed by atoms with van der Waals surface area (Å²) in [5.41, 5.74) is 18.2. The third-order valence-electron chi connectivity index (χ3n) is 11.6. The number of anilines is 3. The first-order valence-corrected chi connectivity index (χ1v) is 19.3. The average Bonchev–Trinajstić information content (AvgIpc) is 3.71. The van der Waals surface area contributed by atoms with Gasteiger partial charge in [-0.15, -0.1) is 0 Å². The zero-order chi connectivity index (χ0) is 36.9. The molecular weight excluding hydrogens is 667 g/mol. The van der Waals surface area contributed by atoms with Crippen LogP contribution < -0.4 is 4.90 Å². The Bertz CT molecular complexity index is 2850. The number of benzene rings is 8. The van der Waals surface area contributed by atoms with E-state index in [0.29, 0.717) is 0 Å². The van der Waals surface area contributed by atoms with Crippen LogP contribution in [0.15, 0.2) is 192 Å². The molecule has 0 N–H and O–H groups in total. The Morgan fingerprint density at radius 3 is 1.71 bits per heavy atom. The van der Waals surface area contributed by atoms with Crippen molar-refractivity contribution in [3.63, 3.8) is 0 Å². The Morgan fingerprint density at radius 2 is 0.927 bits per heavy atom. The standard InChI is InChI=1S/C53H41NO/c1-53(2)49-23-13-11-21-45(49)46-29-26-42(35-50(46)53)54(41-27-30-52-48(34-41)47-22-12-14-24-51(47)55-52)40-25-28-44(39(33-40)32-37-17-7-4-8-18-37)43-20-10-9-19-38(43)31-36-15-5-3-6-16-36/h3-30,33-35H,31-32H2,1-2H3. The van der Waals surface area contributed by atoms with Crippen LogP contribution in [0.4, 0.5) is 17.1 Å². The normalized spacial score (nSPS) is 12.8. The van der Waals surface area contributed by atoms with Crippen LogP contribution in [0.25, 0.3) is 44.2 Å². The second-order valence-electron chi connectivity index (χ2n) is 15.3. The van der Waals surface area contributed by atoms with E-state index >= 15 is 0 Å². The molecule has 10 rings (SSSR count). The first-order valence-electron chi connectivity index (χ1n) is 19.3. The molecule has 8 aromatic carbocycles. The van der Waals surface area contributed by atoms with Crippen LogP contribution in [0, 0.1) is 0 Å². The summed E-state index contributed by atoms with van der Waals surface area (Å²) in [7, 11) is 0. The summed E-state index contributed by atoms with van der Waals surface area (Å²) in [5, 5.41) is 2.24. The van der Waals surface area contributed by atoms with Crippen LogP contribution in [-0.2, 0) is 18.3 Å². The number of para-hydroxylation sites is 1. The van der Waals surface area contributed by atoms with E-state index in [1.54, 1.807) is 0 Å². The molecule has 0 atom stereocenters. The summed E-state index contributed by atoms with van der Waals surface area (Å²) in [5.74, 6) is 0. The second-order valence-corrected chi connectivity index (χ2v) is 15.3. The van der Waals surface area contributed by atoms with Crippen molar-refractivity contribution >= 4 is 39.0 Å². The predicted molar refractivity (Wildman–Crippen MR) is 230 cm³/mol. The van der Waals surface area contributed by atoms with Gasteiger partial charge in [-0.05, 0) is 117 Å². The molecule has 1 heterocycles. The fraction of sp³-hybridized carbons (Fsp3) is 0.0943. The van der Waals surface area contributed by atoms with Crippen molar-refractivity contribution in [3.8, 4) is 22.3 Å². The number of hydrogen-bond acceptors (Lipinski definition) is 2. The Kier molecular flexibility index (Phi) is 7.99. The van der Waals surface area contributed by atoms with Crippen LogP contribution in [-0.4, -0.2) is 0 Å². The number of fused-ring (bicyclic) bond motifs is 6. The van der Waals surface area contributed by atoms with Crippen molar-refractivity contribution in [1.82, 2.24) is 0 Å². The molecule has 264 valence electrons. The lowest BCUT2D eigenvalue weighted by atomic mass is 9.82. The summed E-state index contributed by atoms with van der Waals surface area (Å²) in [6.07, 6.45) is 1.69. The van der Waals surface area contributed by atoms with E-state index < -0.39 is 0 Å². The van der Waals surface area contributed by atoms with Crippen LogP contribution in [0.5, 0.6) is 0 Å². The molecule has 0 saturated heterocycles. The van der Waals surface area contributed by atoms with Crippen LogP contribution in [0.3, 0.4) is 0 Å². The van der Waals surface area contributed by atoms with Gasteiger partial charge < -0.3 is 9.32 Å². The summed E-state index contributed by atoms with van der Waals surface area (Å²) in [6, 6.07) is 68.5. The largest absolute Gasteiger partial charge is 0.456 e. The highest BCUT2D eigenvalue weighted by Crippen LogP contribution is 2.51. The zero-order valence-electron chi connectivity index (χ0n) is 31.2. The first kappa shape index (κ1) is 33.0. The monoisotopic (exact) mass is 707 g/mol. The van der Waals surface area contributed by atoms with E-state index in [1.807, 2.05) is 6.07 Å². The van der Waals surface area contributed by atoms with E-state index in [2.05, 4.69) is 201 Å². The molecule has 0 unspecified atom stereocenters. The smallest absolute Gasteiger partial charge is 0.135 e. The maximum absolute atomic E-state index is 6.31. The highest BCUT2D eigenvalue weighted by Gasteiger charge is 2.35. The second kappa shape index (κ2) is 13.3. The van der Waals surface area contributed by atoms with Gasteiger partial charge in [0.15, 0.2) is 0 Å². The molecule has 0 fully saturated rings. The Balaban J connectivity index is 1.17. The van der Waals surface area contributed by atoms with E-state index in [9.17, 15) is 0 Å². The van der Waals surface area contributed by atoms with E-state index in [4.69, 9.17) is 4.42 Å². The average molecular weight is 708 g/mol. The number of hydrogen-bond donors (Lipinski definition) is 0. The molecule has 0 radical (unpaired) electrons. The maximum atomic E-state index is 6.31. The number of furan rings is 1. The van der Waals surface area contributed by atoms with Gasteiger partial charge in [0, 0.05) is 33.2 Å². The molecule has 1 aromatic heterocycles. The Morgan fingerprint density at radius 1 is 0.400 bits per heavy atom. The Hall–Kier alpha value is -6.64. The van der Waals surface area contributed by atoms with Crippen LogP contribution in [0.1, 0.15) is 47.2 Å². The molecule has 0 spiro atoms. The third kappa shape index (κ3) is 5.82. The number of rotatable bonds is 8. The lowest BCUT2D eigenvalue weighted by Crippen LogP contribution is -2.16. The molecule has 9 aromatic rings. The van der Waals surface area contributed by atoms with Gasteiger partial charge in [-0.3, -0.25) is 0 Å². The SMILES string of the molecule is CC1(C)c2ccccc2-c2ccc(N(c3ccc(-c4ccccc4Cc4ccccc4)c(Cc4ccccc4)c3)c3ccc4oc5ccccc5c4c3)cc21. The van der Waals surface area contributed by atoms with Gasteiger partial charge in [-0.2, -0.15) is 0 Å². The molecule has 0 amide bonds. The van der Waals surface area contributed by atoms with Gasteiger partial charge in [-0.25, -0.2) is 0 Å². The minimum Gasteiger partial charge on any atom is -0.456 e. The minimum absolute atomic E-state index is 0.122. The van der Waals surface area contributed by atoms with Gasteiger partial charge >= 0.3 is 0 Å². The zero-order valence-corrected chi connectivity index (χ0v) is 31.2. The van der Waals surface area contributed by atoms with Gasteiger partial charge in [0.05, 0.1) is 0 Å². The fourth-order valence-electron chi connectivity index (χ4n) is 8.83. The molecule has 1 aliphatic rings. The quantitative estimate of drug-likeness (QED) is 0.156. The van der Waals surface area contributed by atoms with E-state index in [0.717, 1.165) is 51.8 Å². The highest BCUT2D eigenvalue weighted by molar-refractivity contribution is 6.06. The van der Waals surface area contributed by atoms with Gasteiger partial charge in [0.2, 0.25) is 0 Å². The van der Waals surface area contributed by atoms with Crippen molar-refractivity contribution < 1.29 is 4.42 Å². The predicted octanol–water partition coefficient (Wildman–Crippen LogP) is 14.2. The highest BCUT2D eigenvalue weighted by atomic mass is 16.3. The van der Waals surface area contributed by atoms with Crippen LogP contribution >= 0.6 is 0 Å². The van der Waals surface area contributed by atoms with Gasteiger partial charge in [0.25, 0.3) is 0 Å². The third-order valence-corrected chi connectivity index (χ3v) is 11.6. The van der Waals surface area contributed by atoms with Crippen molar-refractivity contribution in [3.05, 3.63) is 221 Å². The maximum Gasteiger partial charge on any atom is 0.135 e. The van der Waals surface area contributed by atoms with Crippen molar-refractivity contribution in [2.45, 2.75) is 32.1 Å². The summed E-state index contributed by atoms with van der Waals surface area (Å²) in [6.45, 7) is 4.71. The number of nitrogens with zero attached hydrogens (tertiary/aromatic N) is 1. The van der Waals surface area contributed by atoms with Crippen molar-refractivity contribution in [1.29, 1.82) is 0 Å². The van der Waals surface area contributed by atoms with E-state index in [-0.39, 0.29) is 5.41 Å². The molecule has 0 saturated carbocycles. The van der Waals surface area contributed by atoms with Crippen molar-refractivity contribution in [2.24, 2.45) is 0 Å². The lowest BCUT2D eigenvalue weighted by Gasteiger charge is -2.29.